The summed E-state index contributed by atoms with van der Waals surface area (Å²) in [6.45, 7) is 1.32. The molecule has 0 aliphatic carbocycles. The van der Waals surface area contributed by atoms with Gasteiger partial charge in [0.1, 0.15) is 5.76 Å². The molecule has 2 aromatic rings. The Balaban J connectivity index is 1.72. The first kappa shape index (κ1) is 22.3. The van der Waals surface area contributed by atoms with E-state index >= 15 is 0 Å². The lowest BCUT2D eigenvalue weighted by Crippen LogP contribution is -2.36. The van der Waals surface area contributed by atoms with Crippen LogP contribution in [-0.2, 0) is 27.5 Å². The molecule has 1 saturated heterocycles. The standard InChI is InChI=1S/C19H21F3N2O5S/c1-28-18(25)16-8-7-14(29-16)13-23-9-4-10-24(12-11-23)30(26,27)17-6-3-2-5-15(17)19(20,21)22/h2-3,5-8H,4,9-13H2,1H3. The third kappa shape index (κ3) is 4.85. The molecule has 0 unspecified atom stereocenters. The Morgan fingerprint density at radius 2 is 1.83 bits per heavy atom. The summed E-state index contributed by atoms with van der Waals surface area (Å²) in [7, 11) is -3.06. The van der Waals surface area contributed by atoms with E-state index < -0.39 is 32.6 Å². The zero-order valence-electron chi connectivity index (χ0n) is 16.2. The molecule has 1 aromatic carbocycles. The van der Waals surface area contributed by atoms with E-state index in [0.29, 0.717) is 31.8 Å². The fraction of sp³-hybridized carbons (Fsp3) is 0.421. The van der Waals surface area contributed by atoms with E-state index in [4.69, 9.17) is 4.42 Å². The van der Waals surface area contributed by atoms with Crippen LogP contribution in [0.15, 0.2) is 45.7 Å². The van der Waals surface area contributed by atoms with Gasteiger partial charge < -0.3 is 9.15 Å². The molecular weight excluding hydrogens is 425 g/mol. The molecule has 0 radical (unpaired) electrons. The van der Waals surface area contributed by atoms with E-state index in [2.05, 4.69) is 4.74 Å². The van der Waals surface area contributed by atoms with Gasteiger partial charge in [-0.1, -0.05) is 12.1 Å². The van der Waals surface area contributed by atoms with Gasteiger partial charge in [0.05, 0.1) is 24.1 Å². The number of methoxy groups -OCH3 is 1. The Morgan fingerprint density at radius 3 is 2.53 bits per heavy atom. The van der Waals surface area contributed by atoms with Crippen LogP contribution in [0.1, 0.15) is 28.3 Å². The Hall–Kier alpha value is -2.37. The molecule has 1 aliphatic heterocycles. The molecule has 0 atom stereocenters. The summed E-state index contributed by atoms with van der Waals surface area (Å²) in [4.78, 5) is 12.7. The molecule has 30 heavy (non-hydrogen) atoms. The Labute approximate surface area is 172 Å². The lowest BCUT2D eigenvalue weighted by molar-refractivity contribution is -0.139. The molecule has 0 spiro atoms. The van der Waals surface area contributed by atoms with Crippen LogP contribution in [0.25, 0.3) is 0 Å². The first-order chi connectivity index (χ1) is 14.1. The van der Waals surface area contributed by atoms with Crippen molar-refractivity contribution in [3.8, 4) is 0 Å². The fourth-order valence-electron chi connectivity index (χ4n) is 3.30. The number of alkyl halides is 3. The number of hydrogen-bond donors (Lipinski definition) is 0. The van der Waals surface area contributed by atoms with Crippen molar-refractivity contribution in [1.29, 1.82) is 0 Å². The topological polar surface area (TPSA) is 80.1 Å². The molecule has 1 aliphatic rings. The van der Waals surface area contributed by atoms with Crippen molar-refractivity contribution in [2.45, 2.75) is 24.0 Å². The van der Waals surface area contributed by atoms with Crippen molar-refractivity contribution in [3.05, 3.63) is 53.5 Å². The van der Waals surface area contributed by atoms with Gasteiger partial charge in [-0.05, 0) is 37.2 Å². The van der Waals surface area contributed by atoms with Crippen molar-refractivity contribution >= 4 is 16.0 Å². The largest absolute Gasteiger partial charge is 0.463 e. The molecular formula is C19H21F3N2O5S. The number of benzene rings is 1. The third-order valence-corrected chi connectivity index (χ3v) is 6.74. The summed E-state index contributed by atoms with van der Waals surface area (Å²) < 4.78 is 76.8. The number of nitrogens with zero attached hydrogens (tertiary/aromatic N) is 2. The molecule has 7 nitrogen and oxygen atoms in total. The van der Waals surface area contributed by atoms with Crippen LogP contribution in [0.5, 0.6) is 0 Å². The summed E-state index contributed by atoms with van der Waals surface area (Å²) in [5.41, 5.74) is -1.17. The van der Waals surface area contributed by atoms with E-state index in [1.54, 1.807) is 6.07 Å². The van der Waals surface area contributed by atoms with Crippen LogP contribution >= 0.6 is 0 Å². The Bertz CT molecular complexity index is 1000. The summed E-state index contributed by atoms with van der Waals surface area (Å²) in [6, 6.07) is 7.32. The maximum atomic E-state index is 13.3. The van der Waals surface area contributed by atoms with Gasteiger partial charge in [0.2, 0.25) is 15.8 Å². The maximum absolute atomic E-state index is 13.3. The van der Waals surface area contributed by atoms with Gasteiger partial charge in [0.15, 0.2) is 0 Å². The zero-order valence-corrected chi connectivity index (χ0v) is 17.0. The van der Waals surface area contributed by atoms with Crippen molar-refractivity contribution in [2.75, 3.05) is 33.3 Å². The number of hydrogen-bond acceptors (Lipinski definition) is 6. The van der Waals surface area contributed by atoms with Crippen LogP contribution in [0.4, 0.5) is 13.2 Å². The van der Waals surface area contributed by atoms with Gasteiger partial charge in [-0.25, -0.2) is 13.2 Å². The summed E-state index contributed by atoms with van der Waals surface area (Å²) >= 11 is 0. The lowest BCUT2D eigenvalue weighted by Gasteiger charge is -2.23. The summed E-state index contributed by atoms with van der Waals surface area (Å²) in [5, 5.41) is 0. The number of sulfonamides is 1. The monoisotopic (exact) mass is 446 g/mol. The van der Waals surface area contributed by atoms with Gasteiger partial charge in [-0.2, -0.15) is 17.5 Å². The molecule has 0 saturated carbocycles. The van der Waals surface area contributed by atoms with Crippen molar-refractivity contribution in [3.63, 3.8) is 0 Å². The number of carbonyl (C=O) groups is 1. The molecule has 11 heteroatoms. The number of ether oxygens (including phenoxy) is 1. The second-order valence-electron chi connectivity index (χ2n) is 6.79. The van der Waals surface area contributed by atoms with Gasteiger partial charge in [0.25, 0.3) is 0 Å². The van der Waals surface area contributed by atoms with Gasteiger partial charge in [-0.3, -0.25) is 4.90 Å². The predicted molar refractivity (Wildman–Crippen MR) is 100 cm³/mol. The minimum absolute atomic E-state index is 0.0408. The number of furan rings is 1. The number of rotatable bonds is 5. The van der Waals surface area contributed by atoms with E-state index in [9.17, 15) is 26.4 Å². The minimum Gasteiger partial charge on any atom is -0.463 e. The molecule has 0 N–H and O–H groups in total. The van der Waals surface area contributed by atoms with E-state index in [0.717, 1.165) is 22.5 Å². The van der Waals surface area contributed by atoms with Crippen LogP contribution < -0.4 is 0 Å². The Morgan fingerprint density at radius 1 is 1.10 bits per heavy atom. The van der Waals surface area contributed by atoms with Gasteiger partial charge >= 0.3 is 12.1 Å². The molecule has 2 heterocycles. The smallest absolute Gasteiger partial charge is 0.417 e. The molecule has 1 fully saturated rings. The van der Waals surface area contributed by atoms with Crippen molar-refractivity contribution in [2.24, 2.45) is 0 Å². The number of halogens is 3. The zero-order chi connectivity index (χ0) is 21.9. The fourth-order valence-corrected chi connectivity index (χ4v) is 4.99. The molecule has 0 bridgehead atoms. The normalized spacial score (nSPS) is 16.9. The van der Waals surface area contributed by atoms with Crippen LogP contribution in [0.2, 0.25) is 0 Å². The first-order valence-corrected chi connectivity index (χ1v) is 10.6. The van der Waals surface area contributed by atoms with Crippen molar-refractivity contribution in [1.82, 2.24) is 9.21 Å². The van der Waals surface area contributed by atoms with E-state index in [1.807, 2.05) is 4.90 Å². The quantitative estimate of drug-likeness (QED) is 0.657. The van der Waals surface area contributed by atoms with Gasteiger partial charge in [0, 0.05) is 19.6 Å². The van der Waals surface area contributed by atoms with Crippen LogP contribution in [0, 0.1) is 0 Å². The SMILES string of the molecule is COC(=O)c1ccc(CN2CCCN(S(=O)(=O)c3ccccc3C(F)(F)F)CC2)o1. The van der Waals surface area contributed by atoms with Crippen LogP contribution in [-0.4, -0.2) is 56.9 Å². The minimum atomic E-state index is -4.77. The lowest BCUT2D eigenvalue weighted by atomic mass is 10.2. The summed E-state index contributed by atoms with van der Waals surface area (Å²) in [6.07, 6.45) is -4.32. The summed E-state index contributed by atoms with van der Waals surface area (Å²) in [5.74, 6) is -0.0258. The highest BCUT2D eigenvalue weighted by Crippen LogP contribution is 2.35. The second kappa shape index (κ2) is 8.78. The van der Waals surface area contributed by atoms with E-state index in [1.165, 1.54) is 19.2 Å². The molecule has 3 rings (SSSR count). The van der Waals surface area contributed by atoms with Crippen molar-refractivity contribution < 1.29 is 35.5 Å². The Kier molecular flexibility index (Phi) is 6.53. The predicted octanol–water partition coefficient (Wildman–Crippen LogP) is 2.98. The highest BCUT2D eigenvalue weighted by atomic mass is 32.2. The highest BCUT2D eigenvalue weighted by molar-refractivity contribution is 7.89. The third-order valence-electron chi connectivity index (χ3n) is 4.79. The highest BCUT2D eigenvalue weighted by Gasteiger charge is 2.39. The maximum Gasteiger partial charge on any atom is 0.417 e. The molecule has 164 valence electrons. The molecule has 1 aromatic heterocycles. The first-order valence-electron chi connectivity index (χ1n) is 9.18. The van der Waals surface area contributed by atoms with Crippen LogP contribution in [0.3, 0.4) is 0 Å². The average Bonchev–Trinajstić information content (AvgIpc) is 3.04. The number of carbonyl (C=O) groups excluding carboxylic acids is 1. The average molecular weight is 446 g/mol. The second-order valence-corrected chi connectivity index (χ2v) is 8.69. The van der Waals surface area contributed by atoms with Gasteiger partial charge in [-0.15, -0.1) is 0 Å². The number of esters is 1. The molecule has 0 amide bonds. The van der Waals surface area contributed by atoms with E-state index in [-0.39, 0.29) is 18.8 Å².